The van der Waals surface area contributed by atoms with Crippen molar-refractivity contribution >= 4 is 10.0 Å². The van der Waals surface area contributed by atoms with Gasteiger partial charge in [-0.2, -0.15) is 9.29 Å². The predicted molar refractivity (Wildman–Crippen MR) is 99.7 cm³/mol. The first-order valence-corrected chi connectivity index (χ1v) is 10.1. The molecule has 1 aliphatic rings. The molecule has 0 aliphatic carbocycles. The van der Waals surface area contributed by atoms with Gasteiger partial charge >= 0.3 is 0 Å². The SMILES string of the molecule is COc1cccc(-c2nc(-c3ccc(S(=O)(=O)N4CCCC4)cc3)no2)c1. The number of nitrogens with zero attached hydrogens (tertiary/aromatic N) is 3. The van der Waals surface area contributed by atoms with Crippen LogP contribution in [0.5, 0.6) is 5.75 Å². The molecule has 0 N–H and O–H groups in total. The minimum absolute atomic E-state index is 0.282. The van der Waals surface area contributed by atoms with E-state index in [1.54, 1.807) is 31.4 Å². The highest BCUT2D eigenvalue weighted by molar-refractivity contribution is 7.89. The van der Waals surface area contributed by atoms with E-state index < -0.39 is 10.0 Å². The molecule has 140 valence electrons. The summed E-state index contributed by atoms with van der Waals surface area (Å²) in [4.78, 5) is 4.68. The van der Waals surface area contributed by atoms with E-state index in [1.807, 2.05) is 24.3 Å². The van der Waals surface area contributed by atoms with Gasteiger partial charge in [-0.25, -0.2) is 8.42 Å². The largest absolute Gasteiger partial charge is 0.497 e. The fourth-order valence-corrected chi connectivity index (χ4v) is 4.58. The third-order valence-electron chi connectivity index (χ3n) is 4.56. The monoisotopic (exact) mass is 385 g/mol. The number of aromatic nitrogens is 2. The third-order valence-corrected chi connectivity index (χ3v) is 6.47. The van der Waals surface area contributed by atoms with Gasteiger partial charge in [0.15, 0.2) is 0 Å². The van der Waals surface area contributed by atoms with Crippen molar-refractivity contribution in [3.8, 4) is 28.6 Å². The first-order valence-electron chi connectivity index (χ1n) is 8.67. The standard InChI is InChI=1S/C19H19N3O4S/c1-25-16-6-4-5-15(13-16)19-20-18(21-26-19)14-7-9-17(10-8-14)27(23,24)22-11-2-3-12-22/h4-10,13H,2-3,11-12H2,1H3. The van der Waals surface area contributed by atoms with Crippen LogP contribution in [0.3, 0.4) is 0 Å². The third kappa shape index (κ3) is 3.45. The van der Waals surface area contributed by atoms with Crippen LogP contribution in [-0.4, -0.2) is 43.1 Å². The van der Waals surface area contributed by atoms with E-state index in [1.165, 1.54) is 4.31 Å². The predicted octanol–water partition coefficient (Wildman–Crippen LogP) is 3.20. The second kappa shape index (κ2) is 7.13. The molecule has 1 fully saturated rings. The normalized spacial score (nSPS) is 15.1. The van der Waals surface area contributed by atoms with E-state index in [2.05, 4.69) is 10.1 Å². The maximum Gasteiger partial charge on any atom is 0.258 e. The summed E-state index contributed by atoms with van der Waals surface area (Å²) >= 11 is 0. The van der Waals surface area contributed by atoms with Crippen LogP contribution in [0.2, 0.25) is 0 Å². The molecule has 0 atom stereocenters. The summed E-state index contributed by atoms with van der Waals surface area (Å²) in [5.74, 6) is 1.47. The van der Waals surface area contributed by atoms with Crippen LogP contribution in [0.4, 0.5) is 0 Å². The highest BCUT2D eigenvalue weighted by Crippen LogP contribution is 2.27. The molecule has 1 aromatic heterocycles. The van der Waals surface area contributed by atoms with Gasteiger partial charge in [0.25, 0.3) is 5.89 Å². The topological polar surface area (TPSA) is 85.5 Å². The van der Waals surface area contributed by atoms with Crippen molar-refractivity contribution in [1.82, 2.24) is 14.4 Å². The van der Waals surface area contributed by atoms with E-state index in [-0.39, 0.29) is 4.90 Å². The van der Waals surface area contributed by atoms with Gasteiger partial charge < -0.3 is 9.26 Å². The quantitative estimate of drug-likeness (QED) is 0.670. The average Bonchev–Trinajstić information content (AvgIpc) is 3.40. The second-order valence-corrected chi connectivity index (χ2v) is 8.23. The van der Waals surface area contributed by atoms with Gasteiger partial charge in [0.05, 0.1) is 12.0 Å². The van der Waals surface area contributed by atoms with Crippen molar-refractivity contribution in [2.75, 3.05) is 20.2 Å². The van der Waals surface area contributed by atoms with Gasteiger partial charge in [-0.3, -0.25) is 0 Å². The molecule has 1 aliphatic heterocycles. The Balaban J connectivity index is 1.59. The summed E-state index contributed by atoms with van der Waals surface area (Å²) in [6.07, 6.45) is 1.82. The summed E-state index contributed by atoms with van der Waals surface area (Å²) in [7, 11) is -1.83. The smallest absolute Gasteiger partial charge is 0.258 e. The molecule has 2 aromatic carbocycles. The molecule has 1 saturated heterocycles. The molecule has 3 aromatic rings. The van der Waals surface area contributed by atoms with Crippen molar-refractivity contribution in [2.24, 2.45) is 0 Å². The van der Waals surface area contributed by atoms with Crippen molar-refractivity contribution in [3.63, 3.8) is 0 Å². The van der Waals surface area contributed by atoms with Crippen LogP contribution in [0.25, 0.3) is 22.8 Å². The van der Waals surface area contributed by atoms with Crippen LogP contribution in [-0.2, 0) is 10.0 Å². The van der Waals surface area contributed by atoms with Crippen LogP contribution < -0.4 is 4.74 Å². The molecular formula is C19H19N3O4S. The van der Waals surface area contributed by atoms with Crippen molar-refractivity contribution in [1.29, 1.82) is 0 Å². The summed E-state index contributed by atoms with van der Waals surface area (Å²) in [5.41, 5.74) is 1.44. The van der Waals surface area contributed by atoms with Gasteiger partial charge in [-0.1, -0.05) is 11.2 Å². The van der Waals surface area contributed by atoms with E-state index in [0.29, 0.717) is 36.1 Å². The number of methoxy groups -OCH3 is 1. The molecule has 4 rings (SSSR count). The number of ether oxygens (including phenoxy) is 1. The van der Waals surface area contributed by atoms with Gasteiger partial charge in [-0.05, 0) is 55.3 Å². The van der Waals surface area contributed by atoms with Crippen molar-refractivity contribution in [3.05, 3.63) is 48.5 Å². The number of hydrogen-bond acceptors (Lipinski definition) is 6. The van der Waals surface area contributed by atoms with E-state index in [9.17, 15) is 8.42 Å². The Morgan fingerprint density at radius 2 is 1.78 bits per heavy atom. The molecule has 0 radical (unpaired) electrons. The molecule has 0 spiro atoms. The molecule has 0 amide bonds. The van der Waals surface area contributed by atoms with Gasteiger partial charge in [-0.15, -0.1) is 0 Å². The second-order valence-electron chi connectivity index (χ2n) is 6.29. The molecule has 8 heteroatoms. The van der Waals surface area contributed by atoms with Gasteiger partial charge in [0.1, 0.15) is 5.75 Å². The molecule has 27 heavy (non-hydrogen) atoms. The van der Waals surface area contributed by atoms with Gasteiger partial charge in [0, 0.05) is 24.2 Å². The molecule has 7 nitrogen and oxygen atoms in total. The zero-order valence-electron chi connectivity index (χ0n) is 14.8. The number of benzene rings is 2. The summed E-state index contributed by atoms with van der Waals surface area (Å²) < 4.78 is 37.3. The lowest BCUT2D eigenvalue weighted by molar-refractivity contribution is 0.413. The molecule has 0 unspecified atom stereocenters. The summed E-state index contributed by atoms with van der Waals surface area (Å²) in [6.45, 7) is 1.16. The summed E-state index contributed by atoms with van der Waals surface area (Å²) in [6, 6.07) is 13.9. The Morgan fingerprint density at radius 1 is 1.04 bits per heavy atom. The fourth-order valence-electron chi connectivity index (χ4n) is 3.07. The Labute approximate surface area is 157 Å². The Bertz CT molecular complexity index is 1040. The Hall–Kier alpha value is -2.71. The van der Waals surface area contributed by atoms with E-state index in [4.69, 9.17) is 9.26 Å². The Morgan fingerprint density at radius 3 is 2.48 bits per heavy atom. The lowest BCUT2D eigenvalue weighted by atomic mass is 10.2. The van der Waals surface area contributed by atoms with Crippen molar-refractivity contribution in [2.45, 2.75) is 17.7 Å². The van der Waals surface area contributed by atoms with Gasteiger partial charge in [0.2, 0.25) is 15.8 Å². The minimum Gasteiger partial charge on any atom is -0.497 e. The average molecular weight is 385 g/mol. The minimum atomic E-state index is -3.43. The lowest BCUT2D eigenvalue weighted by Crippen LogP contribution is -2.27. The van der Waals surface area contributed by atoms with Crippen LogP contribution in [0.15, 0.2) is 57.9 Å². The first kappa shape index (κ1) is 17.7. The maximum absolute atomic E-state index is 12.6. The highest BCUT2D eigenvalue weighted by atomic mass is 32.2. The molecule has 2 heterocycles. The van der Waals surface area contributed by atoms with E-state index in [0.717, 1.165) is 18.4 Å². The fraction of sp³-hybridized carbons (Fsp3) is 0.263. The summed E-state index contributed by atoms with van der Waals surface area (Å²) in [5, 5.41) is 4.00. The maximum atomic E-state index is 12.6. The first-order chi connectivity index (χ1) is 13.1. The zero-order chi connectivity index (χ0) is 18.9. The van der Waals surface area contributed by atoms with Crippen molar-refractivity contribution < 1.29 is 17.7 Å². The van der Waals surface area contributed by atoms with Crippen LogP contribution in [0.1, 0.15) is 12.8 Å². The molecule has 0 bridgehead atoms. The van der Waals surface area contributed by atoms with Crippen LogP contribution >= 0.6 is 0 Å². The van der Waals surface area contributed by atoms with E-state index >= 15 is 0 Å². The number of sulfonamides is 1. The highest BCUT2D eigenvalue weighted by Gasteiger charge is 2.27. The number of rotatable bonds is 5. The van der Waals surface area contributed by atoms with Crippen LogP contribution in [0, 0.1) is 0 Å². The molecule has 0 saturated carbocycles. The Kier molecular flexibility index (Phi) is 4.67. The lowest BCUT2D eigenvalue weighted by Gasteiger charge is -2.15. The number of hydrogen-bond donors (Lipinski definition) is 0. The molecular weight excluding hydrogens is 366 g/mol. The zero-order valence-corrected chi connectivity index (χ0v) is 15.6.